The Bertz CT molecular complexity index is 587. The summed E-state index contributed by atoms with van der Waals surface area (Å²) < 4.78 is 19.5. The van der Waals surface area contributed by atoms with Crippen LogP contribution in [-0.2, 0) is 0 Å². The van der Waals surface area contributed by atoms with E-state index in [-0.39, 0.29) is 5.82 Å². The summed E-state index contributed by atoms with van der Waals surface area (Å²) in [6.07, 6.45) is 0.996. The van der Waals surface area contributed by atoms with Crippen LogP contribution in [0.1, 0.15) is 19.2 Å². The number of aromatic nitrogens is 2. The van der Waals surface area contributed by atoms with Gasteiger partial charge in [-0.1, -0.05) is 22.9 Å². The van der Waals surface area contributed by atoms with Gasteiger partial charge in [-0.25, -0.2) is 9.37 Å². The monoisotopic (exact) mass is 339 g/mol. The fourth-order valence-electron chi connectivity index (χ4n) is 1.64. The predicted octanol–water partition coefficient (Wildman–Crippen LogP) is 4.30. The van der Waals surface area contributed by atoms with Gasteiger partial charge in [-0.2, -0.15) is 4.98 Å². The Hall–Kier alpha value is -1.69. The van der Waals surface area contributed by atoms with Gasteiger partial charge in [0.05, 0.1) is 0 Å². The first-order valence-electron chi connectivity index (χ1n) is 6.30. The van der Waals surface area contributed by atoms with Gasteiger partial charge < -0.3 is 10.1 Å². The zero-order chi connectivity index (χ0) is 14.5. The molecule has 1 N–H and O–H groups in total. The van der Waals surface area contributed by atoms with Crippen LogP contribution in [0, 0.1) is 12.7 Å². The number of benzene rings is 1. The summed E-state index contributed by atoms with van der Waals surface area (Å²) in [6, 6.07) is 6.05. The molecule has 0 unspecified atom stereocenters. The van der Waals surface area contributed by atoms with Gasteiger partial charge in [0.1, 0.15) is 23.2 Å². The van der Waals surface area contributed by atoms with Crippen molar-refractivity contribution >= 4 is 21.7 Å². The minimum absolute atomic E-state index is 0.371. The summed E-state index contributed by atoms with van der Waals surface area (Å²) >= 11 is 3.22. The lowest BCUT2D eigenvalue weighted by Gasteiger charge is -2.09. The smallest absolute Gasteiger partial charge is 0.224 e. The molecule has 1 aromatic heterocycles. The number of hydrogen-bond acceptors (Lipinski definition) is 4. The molecule has 1 heterocycles. The summed E-state index contributed by atoms with van der Waals surface area (Å²) in [7, 11) is 0. The minimum Gasteiger partial charge on any atom is -0.439 e. The Kier molecular flexibility index (Phi) is 4.89. The summed E-state index contributed by atoms with van der Waals surface area (Å²) in [6.45, 7) is 4.68. The van der Waals surface area contributed by atoms with Gasteiger partial charge in [-0.05, 0) is 25.5 Å². The van der Waals surface area contributed by atoms with Gasteiger partial charge in [0, 0.05) is 23.2 Å². The highest BCUT2D eigenvalue weighted by atomic mass is 79.9. The van der Waals surface area contributed by atoms with Gasteiger partial charge >= 0.3 is 0 Å². The molecule has 1 aromatic carbocycles. The van der Waals surface area contributed by atoms with Crippen LogP contribution in [0.25, 0.3) is 0 Å². The van der Waals surface area contributed by atoms with Crippen molar-refractivity contribution in [1.29, 1.82) is 0 Å². The molecule has 0 amide bonds. The fourth-order valence-corrected chi connectivity index (χ4v) is 2.09. The SMILES string of the molecule is CCCNc1cc(Oc2cc(F)cc(Br)c2)nc(C)n1. The molecular weight excluding hydrogens is 325 g/mol. The molecule has 0 spiro atoms. The number of halogens is 2. The molecule has 2 aromatic rings. The highest BCUT2D eigenvalue weighted by Gasteiger charge is 2.06. The van der Waals surface area contributed by atoms with Crippen molar-refractivity contribution in [3.05, 3.63) is 40.4 Å². The summed E-state index contributed by atoms with van der Waals surface area (Å²) in [5.74, 6) is 1.69. The molecule has 106 valence electrons. The maximum atomic E-state index is 13.3. The molecule has 0 aliphatic rings. The number of ether oxygens (including phenoxy) is 1. The predicted molar refractivity (Wildman–Crippen MR) is 79.7 cm³/mol. The molecule has 0 radical (unpaired) electrons. The van der Waals surface area contributed by atoms with Gasteiger partial charge in [0.2, 0.25) is 5.88 Å². The van der Waals surface area contributed by atoms with Crippen LogP contribution in [0.2, 0.25) is 0 Å². The first-order chi connectivity index (χ1) is 9.56. The maximum absolute atomic E-state index is 13.3. The Morgan fingerprint density at radius 3 is 2.75 bits per heavy atom. The second-order valence-electron chi connectivity index (χ2n) is 4.27. The van der Waals surface area contributed by atoms with E-state index < -0.39 is 0 Å². The van der Waals surface area contributed by atoms with Crippen molar-refractivity contribution < 1.29 is 9.13 Å². The number of nitrogens with one attached hydrogen (secondary N) is 1. The first-order valence-corrected chi connectivity index (χ1v) is 7.09. The summed E-state index contributed by atoms with van der Waals surface area (Å²) in [5, 5.41) is 3.17. The highest BCUT2D eigenvalue weighted by molar-refractivity contribution is 9.10. The molecule has 4 nitrogen and oxygen atoms in total. The van der Waals surface area contributed by atoms with E-state index in [1.54, 1.807) is 19.1 Å². The van der Waals surface area contributed by atoms with E-state index in [2.05, 4.69) is 38.1 Å². The van der Waals surface area contributed by atoms with Crippen molar-refractivity contribution in [1.82, 2.24) is 9.97 Å². The molecule has 0 bridgehead atoms. The van der Waals surface area contributed by atoms with E-state index in [0.717, 1.165) is 13.0 Å². The van der Waals surface area contributed by atoms with Gasteiger partial charge in [-0.15, -0.1) is 0 Å². The average molecular weight is 340 g/mol. The zero-order valence-electron chi connectivity index (χ0n) is 11.3. The molecule has 2 rings (SSSR count). The van der Waals surface area contributed by atoms with Gasteiger partial charge in [-0.3, -0.25) is 0 Å². The number of anilines is 1. The number of nitrogens with zero attached hydrogens (tertiary/aromatic N) is 2. The molecule has 0 atom stereocenters. The van der Waals surface area contributed by atoms with Crippen LogP contribution in [0.4, 0.5) is 10.2 Å². The van der Waals surface area contributed by atoms with E-state index in [0.29, 0.717) is 27.7 Å². The quantitative estimate of drug-likeness (QED) is 0.882. The third kappa shape index (κ3) is 4.16. The Morgan fingerprint density at radius 2 is 2.05 bits per heavy atom. The zero-order valence-corrected chi connectivity index (χ0v) is 12.9. The number of aryl methyl sites for hydroxylation is 1. The van der Waals surface area contributed by atoms with Crippen LogP contribution in [0.15, 0.2) is 28.7 Å². The molecule has 0 saturated carbocycles. The third-order valence-corrected chi connectivity index (χ3v) is 2.89. The fraction of sp³-hybridized carbons (Fsp3) is 0.286. The topological polar surface area (TPSA) is 47.0 Å². The van der Waals surface area contributed by atoms with Crippen molar-refractivity contribution in [2.24, 2.45) is 0 Å². The van der Waals surface area contributed by atoms with Crippen molar-refractivity contribution in [3.8, 4) is 11.6 Å². The Labute approximate surface area is 125 Å². The lowest BCUT2D eigenvalue weighted by Crippen LogP contribution is -2.04. The summed E-state index contributed by atoms with van der Waals surface area (Å²) in [5.41, 5.74) is 0. The van der Waals surface area contributed by atoms with Gasteiger partial charge in [0.25, 0.3) is 0 Å². The van der Waals surface area contributed by atoms with E-state index in [1.807, 2.05) is 0 Å². The van der Waals surface area contributed by atoms with E-state index in [4.69, 9.17) is 4.74 Å². The van der Waals surface area contributed by atoms with Crippen LogP contribution in [-0.4, -0.2) is 16.5 Å². The van der Waals surface area contributed by atoms with Crippen LogP contribution >= 0.6 is 15.9 Å². The van der Waals surface area contributed by atoms with Crippen LogP contribution < -0.4 is 10.1 Å². The summed E-state index contributed by atoms with van der Waals surface area (Å²) in [4.78, 5) is 8.45. The number of rotatable bonds is 5. The molecule has 0 fully saturated rings. The van der Waals surface area contributed by atoms with Crippen molar-refractivity contribution in [2.75, 3.05) is 11.9 Å². The van der Waals surface area contributed by atoms with E-state index in [9.17, 15) is 4.39 Å². The van der Waals surface area contributed by atoms with E-state index in [1.165, 1.54) is 12.1 Å². The highest BCUT2D eigenvalue weighted by Crippen LogP contribution is 2.26. The van der Waals surface area contributed by atoms with Crippen LogP contribution in [0.5, 0.6) is 11.6 Å². The molecular formula is C14H15BrFN3O. The van der Waals surface area contributed by atoms with Crippen molar-refractivity contribution in [3.63, 3.8) is 0 Å². The standard InChI is InChI=1S/C14H15BrFN3O/c1-3-4-17-13-8-14(19-9(2)18-13)20-12-6-10(15)5-11(16)7-12/h5-8H,3-4H2,1-2H3,(H,17,18,19). The van der Waals surface area contributed by atoms with E-state index >= 15 is 0 Å². The third-order valence-electron chi connectivity index (χ3n) is 2.43. The number of hydrogen-bond donors (Lipinski definition) is 1. The minimum atomic E-state index is -0.371. The normalized spacial score (nSPS) is 10.4. The van der Waals surface area contributed by atoms with Gasteiger partial charge in [0.15, 0.2) is 0 Å². The second-order valence-corrected chi connectivity index (χ2v) is 5.19. The Balaban J connectivity index is 2.21. The lowest BCUT2D eigenvalue weighted by atomic mass is 10.3. The maximum Gasteiger partial charge on any atom is 0.224 e. The lowest BCUT2D eigenvalue weighted by molar-refractivity contribution is 0.455. The molecule has 20 heavy (non-hydrogen) atoms. The molecule has 0 saturated heterocycles. The Morgan fingerprint density at radius 1 is 1.25 bits per heavy atom. The second kappa shape index (κ2) is 6.65. The molecule has 0 aliphatic carbocycles. The molecule has 6 heteroatoms. The van der Waals surface area contributed by atoms with Crippen LogP contribution in [0.3, 0.4) is 0 Å². The first kappa shape index (κ1) is 14.7. The average Bonchev–Trinajstić information content (AvgIpc) is 2.34. The molecule has 0 aliphatic heterocycles. The largest absolute Gasteiger partial charge is 0.439 e. The van der Waals surface area contributed by atoms with Crippen molar-refractivity contribution in [2.45, 2.75) is 20.3 Å².